The molecule has 0 saturated carbocycles. The number of hydrogen-bond acceptors (Lipinski definition) is 6. The van der Waals surface area contributed by atoms with Gasteiger partial charge in [0, 0.05) is 99.2 Å². The third-order valence-electron chi connectivity index (χ3n) is 9.06. The Labute approximate surface area is 337 Å². The molecule has 0 radical (unpaired) electrons. The summed E-state index contributed by atoms with van der Waals surface area (Å²) >= 11 is 0. The van der Waals surface area contributed by atoms with E-state index < -0.39 is 0 Å². The van der Waals surface area contributed by atoms with Crippen LogP contribution in [0.5, 0.6) is 0 Å². The van der Waals surface area contributed by atoms with Crippen molar-refractivity contribution in [3.8, 4) is 11.4 Å². The number of Topliss-reactive ketones (excluding diaryl/α,β-unsaturated/α-hetero) is 1. The van der Waals surface area contributed by atoms with E-state index in [1.54, 1.807) is 34.0 Å². The van der Waals surface area contributed by atoms with E-state index in [0.717, 1.165) is 77.5 Å². The quantitative estimate of drug-likeness (QED) is 0.0426. The monoisotopic (exact) mass is 783 g/mol. The molecule has 0 aliphatic rings. The summed E-state index contributed by atoms with van der Waals surface area (Å²) in [4.78, 5) is 24.7. The first kappa shape index (κ1) is 40.2. The number of ketones is 1. The molecule has 0 saturated heterocycles. The summed E-state index contributed by atoms with van der Waals surface area (Å²) < 4.78 is 7.94. The molecule has 0 atom stereocenters. The smallest absolute Gasteiger partial charge is 0.220 e. The molecule has 9 nitrogen and oxygen atoms in total. The molecule has 2 aromatic carbocycles. The number of carbonyl (C=O) groups excluding carboxylic acids is 2. The van der Waals surface area contributed by atoms with Crippen molar-refractivity contribution in [2.24, 2.45) is 0 Å². The topological polar surface area (TPSA) is 89.6 Å². The van der Waals surface area contributed by atoms with Crippen molar-refractivity contribution in [3.05, 3.63) is 157 Å². The predicted octanol–water partition coefficient (Wildman–Crippen LogP) is 8.08. The maximum absolute atomic E-state index is 12.4. The van der Waals surface area contributed by atoms with Crippen molar-refractivity contribution in [2.45, 2.75) is 51.6 Å². The highest BCUT2D eigenvalue weighted by atomic mass is 33.1. The summed E-state index contributed by atoms with van der Waals surface area (Å²) in [6.07, 6.45) is 28.4. The van der Waals surface area contributed by atoms with Crippen molar-refractivity contribution in [1.29, 1.82) is 0 Å². The van der Waals surface area contributed by atoms with E-state index in [-0.39, 0.29) is 5.91 Å². The average molecular weight is 784 g/mol. The van der Waals surface area contributed by atoms with Gasteiger partial charge < -0.3 is 5.32 Å². The Balaban J connectivity index is 0.743. The Hall–Kier alpha value is -5.52. The highest BCUT2D eigenvalue weighted by Crippen LogP contribution is 2.22. The molecule has 6 aromatic rings. The number of pyridine rings is 2. The fourth-order valence-electron chi connectivity index (χ4n) is 5.94. The number of carbonyl (C=O) groups is 2. The van der Waals surface area contributed by atoms with Crippen LogP contribution in [0, 0.1) is 0 Å². The van der Waals surface area contributed by atoms with Gasteiger partial charge in [0.2, 0.25) is 5.91 Å². The van der Waals surface area contributed by atoms with Crippen LogP contribution in [-0.2, 0) is 22.7 Å². The maximum Gasteiger partial charge on any atom is 0.220 e. The molecule has 0 aliphatic carbocycles. The molecular weight excluding hydrogens is 735 g/mol. The van der Waals surface area contributed by atoms with Crippen LogP contribution in [0.4, 0.5) is 0 Å². The normalized spacial score (nSPS) is 11.4. The lowest BCUT2D eigenvalue weighted by Gasteiger charge is -2.05. The Kier molecular flexibility index (Phi) is 15.9. The zero-order chi connectivity index (χ0) is 38.6. The van der Waals surface area contributed by atoms with Gasteiger partial charge in [-0.15, -0.1) is 0 Å². The van der Waals surface area contributed by atoms with E-state index in [2.05, 4.69) is 147 Å². The summed E-state index contributed by atoms with van der Waals surface area (Å²) in [6.45, 7) is 2.28. The highest BCUT2D eigenvalue weighted by molar-refractivity contribution is 8.76. The van der Waals surface area contributed by atoms with Crippen molar-refractivity contribution in [3.63, 3.8) is 0 Å². The number of nitrogens with zero attached hydrogens (tertiary/aromatic N) is 6. The van der Waals surface area contributed by atoms with Gasteiger partial charge in [0.25, 0.3) is 0 Å². The van der Waals surface area contributed by atoms with Gasteiger partial charge in [0.15, 0.2) is 24.8 Å². The van der Waals surface area contributed by atoms with Crippen molar-refractivity contribution >= 4 is 57.6 Å². The predicted molar refractivity (Wildman–Crippen MR) is 229 cm³/mol. The standard InChI is InChI=1S/C45H48N7O2S2/c53-44(6-1-28-49-32-21-40(22-33-49)11-9-38-13-17-42(18-14-38)51-30-4-25-47-51)7-3-36-55-56-37-27-46-45(54)8-2-29-50-34-23-41(24-35-50)12-10-39-15-19-43(20-16-39)52-31-5-26-48-52/h4-5,9-26,30-35H,1-3,6-8,27-29,36-37H2/q+1/p+1. The van der Waals surface area contributed by atoms with Crippen LogP contribution in [0.3, 0.4) is 0 Å². The Morgan fingerprint density at radius 3 is 1.50 bits per heavy atom. The van der Waals surface area contributed by atoms with Crippen molar-refractivity contribution < 1.29 is 18.7 Å². The minimum atomic E-state index is 0.0926. The first-order valence-corrected chi connectivity index (χ1v) is 21.6. The fraction of sp³-hybridized carbons (Fsp3) is 0.244. The van der Waals surface area contributed by atoms with Crippen LogP contribution < -0.4 is 14.5 Å². The van der Waals surface area contributed by atoms with Gasteiger partial charge in [-0.05, 0) is 65.1 Å². The average Bonchev–Trinajstić information content (AvgIpc) is 3.98. The molecule has 0 bridgehead atoms. The molecule has 56 heavy (non-hydrogen) atoms. The Morgan fingerprint density at radius 1 is 0.571 bits per heavy atom. The summed E-state index contributed by atoms with van der Waals surface area (Å²) in [5, 5.41) is 11.6. The van der Waals surface area contributed by atoms with Crippen LogP contribution in [0.1, 0.15) is 60.8 Å². The van der Waals surface area contributed by atoms with E-state index in [9.17, 15) is 9.59 Å². The van der Waals surface area contributed by atoms with Gasteiger partial charge in [-0.25, -0.2) is 18.5 Å². The Morgan fingerprint density at radius 2 is 1.02 bits per heavy atom. The molecule has 0 spiro atoms. The van der Waals surface area contributed by atoms with Crippen LogP contribution in [0.25, 0.3) is 35.7 Å². The Bertz CT molecular complexity index is 1960. The van der Waals surface area contributed by atoms with Gasteiger partial charge in [-0.2, -0.15) is 10.2 Å². The van der Waals surface area contributed by atoms with E-state index in [1.165, 1.54) is 0 Å². The van der Waals surface area contributed by atoms with Gasteiger partial charge in [-0.3, -0.25) is 9.59 Å². The summed E-state index contributed by atoms with van der Waals surface area (Å²) in [6, 6.07) is 28.8. The first-order valence-electron chi connectivity index (χ1n) is 19.1. The molecule has 4 aromatic heterocycles. The molecule has 0 unspecified atom stereocenters. The number of hydrogen-bond donors (Lipinski definition) is 1. The lowest BCUT2D eigenvalue weighted by Crippen LogP contribution is -2.34. The number of aromatic nitrogens is 6. The number of nitrogens with one attached hydrogen (secondary N) is 1. The van der Waals surface area contributed by atoms with E-state index in [4.69, 9.17) is 0 Å². The number of benzene rings is 2. The number of rotatable bonds is 22. The maximum atomic E-state index is 12.4. The van der Waals surface area contributed by atoms with Crippen molar-refractivity contribution in [2.75, 3.05) is 18.1 Å². The zero-order valence-electron chi connectivity index (χ0n) is 31.6. The minimum Gasteiger partial charge on any atom is -0.355 e. The first-order chi connectivity index (χ1) is 27.6. The molecule has 1 amide bonds. The second kappa shape index (κ2) is 22.1. The van der Waals surface area contributed by atoms with E-state index >= 15 is 0 Å². The third kappa shape index (κ3) is 13.6. The van der Waals surface area contributed by atoms with Gasteiger partial charge >= 0.3 is 0 Å². The second-order valence-corrected chi connectivity index (χ2v) is 16.0. The van der Waals surface area contributed by atoms with Gasteiger partial charge in [0.1, 0.15) is 18.9 Å². The van der Waals surface area contributed by atoms with Crippen LogP contribution in [0.2, 0.25) is 0 Å². The van der Waals surface area contributed by atoms with Crippen LogP contribution in [-0.4, -0.2) is 49.3 Å². The molecule has 1 N–H and O–H groups in total. The molecule has 11 heteroatoms. The summed E-state index contributed by atoms with van der Waals surface area (Å²) in [5.74, 6) is 2.22. The zero-order valence-corrected chi connectivity index (χ0v) is 33.2. The van der Waals surface area contributed by atoms with Crippen LogP contribution >= 0.6 is 21.6 Å². The third-order valence-corrected chi connectivity index (χ3v) is 11.6. The van der Waals surface area contributed by atoms with Gasteiger partial charge in [-0.1, -0.05) is 70.2 Å². The van der Waals surface area contributed by atoms with Gasteiger partial charge in [0.05, 0.1) is 11.4 Å². The second-order valence-electron chi connectivity index (χ2n) is 13.3. The van der Waals surface area contributed by atoms with E-state index in [0.29, 0.717) is 31.6 Å². The molecule has 286 valence electrons. The molecule has 6 rings (SSSR count). The molecular formula is C45H49N7O2S2+2. The lowest BCUT2D eigenvalue weighted by atomic mass is 10.1. The number of amides is 1. The lowest BCUT2D eigenvalue weighted by molar-refractivity contribution is -0.697. The SMILES string of the molecule is O=C(CCCSSCCNC(=O)CCC[n+]1ccc(/C=C/c2ccc(-n3cccn3)cc2)cc1)CCC[n+]1ccc(/C=C/c2ccc(-n3cccn3)cc2)cc1. The minimum absolute atomic E-state index is 0.0926. The molecule has 0 fully saturated rings. The highest BCUT2D eigenvalue weighted by Gasteiger charge is 2.08. The molecule has 0 aliphatic heterocycles. The van der Waals surface area contributed by atoms with E-state index in [1.807, 2.05) is 33.9 Å². The summed E-state index contributed by atoms with van der Waals surface area (Å²) in [5.41, 5.74) is 6.59. The van der Waals surface area contributed by atoms with Crippen LogP contribution in [0.15, 0.2) is 135 Å². The summed E-state index contributed by atoms with van der Waals surface area (Å²) in [7, 11) is 3.53. The van der Waals surface area contributed by atoms with Crippen molar-refractivity contribution in [1.82, 2.24) is 24.9 Å². The molecule has 4 heterocycles. The largest absolute Gasteiger partial charge is 0.355 e. The fourth-order valence-corrected chi connectivity index (χ4v) is 7.93. The number of aryl methyl sites for hydroxylation is 2.